The van der Waals surface area contributed by atoms with E-state index in [0.29, 0.717) is 12.1 Å². The molecule has 0 spiro atoms. The molecule has 2 N–H and O–H groups in total. The molecule has 0 saturated heterocycles. The molecule has 0 saturated carbocycles. The molecule has 1 aromatic carbocycles. The smallest absolute Gasteiger partial charge is 0.303 e. The molecule has 20 heavy (non-hydrogen) atoms. The zero-order chi connectivity index (χ0) is 15.3. The average Bonchev–Trinajstić information content (AvgIpc) is 2.34. The van der Waals surface area contributed by atoms with Crippen LogP contribution in [0.25, 0.3) is 0 Å². The monoisotopic (exact) mass is 306 g/mol. The molecule has 8 nitrogen and oxygen atoms in total. The van der Waals surface area contributed by atoms with E-state index < -0.39 is 37.3 Å². The minimum Gasteiger partial charge on any atom is -0.481 e. The third-order valence-corrected chi connectivity index (χ3v) is 3.75. The summed E-state index contributed by atoms with van der Waals surface area (Å²) in [5.41, 5.74) is -0.558. The molecule has 1 aromatic rings. The van der Waals surface area contributed by atoms with E-state index in [1.165, 1.54) is 0 Å². The molecule has 1 rings (SSSR count). The molecular weight excluding hydrogens is 295 g/mol. The molecular formula is C10H11FN2O6S. The first-order chi connectivity index (χ1) is 9.24. The van der Waals surface area contributed by atoms with Gasteiger partial charge in [-0.25, -0.2) is 17.5 Å². The summed E-state index contributed by atoms with van der Waals surface area (Å²) in [6.07, 6.45) is -0.231. The van der Waals surface area contributed by atoms with Gasteiger partial charge in [0.25, 0.3) is 5.69 Å². The van der Waals surface area contributed by atoms with Crippen molar-refractivity contribution in [3.05, 3.63) is 34.1 Å². The van der Waals surface area contributed by atoms with Crippen molar-refractivity contribution in [3.63, 3.8) is 0 Å². The van der Waals surface area contributed by atoms with Crippen LogP contribution in [-0.4, -0.2) is 31.0 Å². The Labute approximate surface area is 113 Å². The highest BCUT2D eigenvalue weighted by Gasteiger charge is 2.22. The fourth-order valence-corrected chi connectivity index (χ4v) is 2.50. The number of carbonyl (C=O) groups is 1. The maximum absolute atomic E-state index is 13.4. The topological polar surface area (TPSA) is 127 Å². The van der Waals surface area contributed by atoms with Crippen LogP contribution >= 0.6 is 0 Å². The number of halogens is 1. The van der Waals surface area contributed by atoms with Gasteiger partial charge in [-0.2, -0.15) is 0 Å². The van der Waals surface area contributed by atoms with Gasteiger partial charge in [-0.05, 0) is 12.5 Å². The van der Waals surface area contributed by atoms with E-state index in [2.05, 4.69) is 0 Å². The van der Waals surface area contributed by atoms with Crippen LogP contribution in [0.4, 0.5) is 10.1 Å². The molecule has 10 heteroatoms. The van der Waals surface area contributed by atoms with Crippen molar-refractivity contribution in [3.8, 4) is 0 Å². The maximum atomic E-state index is 13.4. The Hall–Kier alpha value is -2.07. The first-order valence-corrected chi connectivity index (χ1v) is 6.88. The Morgan fingerprint density at radius 1 is 1.45 bits per heavy atom. The molecule has 0 aromatic heterocycles. The van der Waals surface area contributed by atoms with Gasteiger partial charge < -0.3 is 5.11 Å². The number of aliphatic carboxylic acids is 1. The Kier molecular flexibility index (Phi) is 5.11. The highest BCUT2D eigenvalue weighted by Crippen LogP contribution is 2.20. The van der Waals surface area contributed by atoms with Gasteiger partial charge in [0, 0.05) is 25.1 Å². The lowest BCUT2D eigenvalue weighted by atomic mass is 10.3. The van der Waals surface area contributed by atoms with Crippen molar-refractivity contribution in [2.75, 3.05) is 6.54 Å². The number of nitro benzene ring substituents is 1. The van der Waals surface area contributed by atoms with Gasteiger partial charge in [-0.3, -0.25) is 14.9 Å². The molecule has 110 valence electrons. The van der Waals surface area contributed by atoms with Gasteiger partial charge in [0.05, 0.1) is 4.92 Å². The van der Waals surface area contributed by atoms with E-state index in [9.17, 15) is 27.7 Å². The minimum atomic E-state index is -4.27. The first kappa shape index (κ1) is 16.0. The minimum absolute atomic E-state index is 0.0190. The number of nitrogens with zero attached hydrogens (tertiary/aromatic N) is 1. The predicted molar refractivity (Wildman–Crippen MR) is 65.1 cm³/mol. The molecule has 0 aliphatic heterocycles. The van der Waals surface area contributed by atoms with Crippen molar-refractivity contribution >= 4 is 21.7 Å². The van der Waals surface area contributed by atoms with Crippen molar-refractivity contribution < 1.29 is 27.6 Å². The summed E-state index contributed by atoms with van der Waals surface area (Å²) in [4.78, 5) is 19.1. The second-order valence-electron chi connectivity index (χ2n) is 3.77. The molecule has 0 radical (unpaired) electrons. The summed E-state index contributed by atoms with van der Waals surface area (Å²) in [6.45, 7) is -0.212. The van der Waals surface area contributed by atoms with Crippen LogP contribution in [-0.2, 0) is 14.8 Å². The average molecular weight is 306 g/mol. The molecule has 0 heterocycles. The number of nitro groups is 1. The second-order valence-corrected chi connectivity index (χ2v) is 5.50. The summed E-state index contributed by atoms with van der Waals surface area (Å²) in [6, 6.07) is 2.14. The zero-order valence-corrected chi connectivity index (χ0v) is 10.9. The van der Waals surface area contributed by atoms with Gasteiger partial charge in [0.1, 0.15) is 10.7 Å². The van der Waals surface area contributed by atoms with Crippen LogP contribution in [0.15, 0.2) is 23.1 Å². The second kappa shape index (κ2) is 6.39. The summed E-state index contributed by atoms with van der Waals surface area (Å²) >= 11 is 0. The number of hydrogen-bond acceptors (Lipinski definition) is 5. The lowest BCUT2D eigenvalue weighted by Gasteiger charge is -2.06. The quantitative estimate of drug-likeness (QED) is 0.437. The van der Waals surface area contributed by atoms with Crippen LogP contribution in [0.2, 0.25) is 0 Å². The number of hydrogen-bond donors (Lipinski definition) is 2. The van der Waals surface area contributed by atoms with Crippen LogP contribution < -0.4 is 4.72 Å². The van der Waals surface area contributed by atoms with E-state index in [4.69, 9.17) is 5.11 Å². The lowest BCUT2D eigenvalue weighted by Crippen LogP contribution is -2.26. The fraction of sp³-hybridized carbons (Fsp3) is 0.300. The van der Waals surface area contributed by atoms with Gasteiger partial charge in [0.15, 0.2) is 0 Å². The molecule has 0 atom stereocenters. The van der Waals surface area contributed by atoms with Crippen molar-refractivity contribution in [1.82, 2.24) is 4.72 Å². The molecule has 0 amide bonds. The number of non-ortho nitro benzene ring substituents is 1. The van der Waals surface area contributed by atoms with Crippen LogP contribution in [0.5, 0.6) is 0 Å². The summed E-state index contributed by atoms with van der Waals surface area (Å²) in [5.74, 6) is -2.22. The van der Waals surface area contributed by atoms with Crippen LogP contribution in [0.1, 0.15) is 12.8 Å². The van der Waals surface area contributed by atoms with Gasteiger partial charge in [-0.1, -0.05) is 0 Å². The maximum Gasteiger partial charge on any atom is 0.303 e. The Balaban J connectivity index is 2.89. The molecule has 0 bridgehead atoms. The van der Waals surface area contributed by atoms with Gasteiger partial charge >= 0.3 is 5.97 Å². The van der Waals surface area contributed by atoms with E-state index >= 15 is 0 Å². The van der Waals surface area contributed by atoms with E-state index in [1.807, 2.05) is 4.72 Å². The zero-order valence-electron chi connectivity index (χ0n) is 10.1. The highest BCUT2D eigenvalue weighted by molar-refractivity contribution is 7.89. The summed E-state index contributed by atoms with van der Waals surface area (Å²) in [7, 11) is -4.27. The van der Waals surface area contributed by atoms with Crippen LogP contribution in [0, 0.1) is 15.9 Å². The first-order valence-electron chi connectivity index (χ1n) is 5.39. The Bertz CT molecular complexity index is 631. The van der Waals surface area contributed by atoms with Gasteiger partial charge in [-0.15, -0.1) is 0 Å². The normalized spacial score (nSPS) is 11.2. The van der Waals surface area contributed by atoms with Crippen LogP contribution in [0.3, 0.4) is 0 Å². The van der Waals surface area contributed by atoms with E-state index in [1.54, 1.807) is 0 Å². The predicted octanol–water partition coefficient (Wildman–Crippen LogP) is 0.877. The number of carboxylic acid groups (broad SMARTS) is 1. The number of sulfonamides is 1. The van der Waals surface area contributed by atoms with Crippen molar-refractivity contribution in [2.24, 2.45) is 0 Å². The standard InChI is InChI=1S/C10H11FN2O6S/c11-8-4-3-7(13(16)17)6-9(8)20(18,19)12-5-1-2-10(14)15/h3-4,6,12H,1-2,5H2,(H,14,15). The lowest BCUT2D eigenvalue weighted by molar-refractivity contribution is -0.385. The van der Waals surface area contributed by atoms with E-state index in [-0.39, 0.29) is 19.4 Å². The number of rotatable bonds is 7. The number of nitrogens with one attached hydrogen (secondary N) is 1. The fourth-order valence-electron chi connectivity index (χ4n) is 1.34. The Morgan fingerprint density at radius 3 is 2.65 bits per heavy atom. The summed E-state index contributed by atoms with van der Waals surface area (Å²) < 4.78 is 38.9. The largest absolute Gasteiger partial charge is 0.481 e. The highest BCUT2D eigenvalue weighted by atomic mass is 32.2. The van der Waals surface area contributed by atoms with Gasteiger partial charge in [0.2, 0.25) is 10.0 Å². The van der Waals surface area contributed by atoms with Crippen molar-refractivity contribution in [1.29, 1.82) is 0 Å². The third-order valence-electron chi connectivity index (χ3n) is 2.27. The molecule has 0 unspecified atom stereocenters. The molecule has 0 fully saturated rings. The number of benzene rings is 1. The Morgan fingerprint density at radius 2 is 2.10 bits per heavy atom. The SMILES string of the molecule is O=C(O)CCCNS(=O)(=O)c1cc([N+](=O)[O-])ccc1F. The third kappa shape index (κ3) is 4.24. The van der Waals surface area contributed by atoms with E-state index in [0.717, 1.165) is 6.07 Å². The van der Waals surface area contributed by atoms with Crippen molar-refractivity contribution in [2.45, 2.75) is 17.7 Å². The molecule has 0 aliphatic rings. The summed E-state index contributed by atoms with van der Waals surface area (Å²) in [5, 5.41) is 18.9. The molecule has 0 aliphatic carbocycles. The number of carboxylic acids is 1.